The Balaban J connectivity index is 1.01. The van der Waals surface area contributed by atoms with E-state index in [0.717, 1.165) is 94.1 Å². The van der Waals surface area contributed by atoms with Gasteiger partial charge >= 0.3 is 0 Å². The van der Waals surface area contributed by atoms with Crippen molar-refractivity contribution < 1.29 is 0 Å². The zero-order chi connectivity index (χ0) is 47.7. The van der Waals surface area contributed by atoms with E-state index in [2.05, 4.69) is 146 Å². The first kappa shape index (κ1) is 40.7. The van der Waals surface area contributed by atoms with Gasteiger partial charge in [-0.2, -0.15) is 15.8 Å². The highest BCUT2D eigenvalue weighted by Crippen LogP contribution is 2.41. The normalized spacial score (nSPS) is 11.3. The fraction of sp³-hybridized carbons (Fsp3) is 0. The van der Waals surface area contributed by atoms with Gasteiger partial charge in [-0.3, -0.25) is 0 Å². The zero-order valence-corrected chi connectivity index (χ0v) is 37.6. The summed E-state index contributed by atoms with van der Waals surface area (Å²) in [5, 5.41) is 35.2. The van der Waals surface area contributed by atoms with E-state index >= 15 is 0 Å². The van der Waals surface area contributed by atoms with Crippen LogP contribution in [-0.4, -0.2) is 23.7 Å². The van der Waals surface area contributed by atoms with Crippen molar-refractivity contribution in [3.63, 3.8) is 0 Å². The Labute approximate surface area is 406 Å². The van der Waals surface area contributed by atoms with E-state index in [1.54, 1.807) is 24.3 Å². The van der Waals surface area contributed by atoms with Crippen LogP contribution in [0.3, 0.4) is 0 Å². The molecule has 0 aliphatic carbocycles. The molecule has 9 aromatic carbocycles. The minimum atomic E-state index is 0.522. The van der Waals surface area contributed by atoms with Crippen molar-refractivity contribution in [2.45, 2.75) is 0 Å². The number of aromatic nitrogens is 5. The Morgan fingerprint density at radius 1 is 0.352 bits per heavy atom. The summed E-state index contributed by atoms with van der Waals surface area (Å²) >= 11 is 0. The molecule has 13 rings (SSSR count). The summed E-state index contributed by atoms with van der Waals surface area (Å²) in [6.45, 7) is 7.78. The Bertz CT molecular complexity index is 4340. The van der Waals surface area contributed by atoms with Crippen molar-refractivity contribution in [1.29, 1.82) is 15.8 Å². The first-order chi connectivity index (χ1) is 35.0. The summed E-state index contributed by atoms with van der Waals surface area (Å²) in [6.07, 6.45) is 0. The van der Waals surface area contributed by atoms with Crippen LogP contribution >= 0.6 is 0 Å². The van der Waals surface area contributed by atoms with E-state index in [0.29, 0.717) is 33.9 Å². The molecule has 4 heterocycles. The number of benzene rings is 9. The number of rotatable bonds is 6. The van der Waals surface area contributed by atoms with Crippen molar-refractivity contribution in [3.05, 3.63) is 228 Å². The lowest BCUT2D eigenvalue weighted by atomic mass is 10.0. The van der Waals surface area contributed by atoms with Crippen LogP contribution in [0.2, 0.25) is 0 Å². The third-order valence-electron chi connectivity index (χ3n) is 13.6. The van der Waals surface area contributed by atoms with Crippen LogP contribution in [0, 0.1) is 40.6 Å². The molecule has 0 spiro atoms. The molecule has 0 radical (unpaired) electrons. The molecule has 0 unspecified atom stereocenters. The Morgan fingerprint density at radius 2 is 0.746 bits per heavy atom. The predicted octanol–water partition coefficient (Wildman–Crippen LogP) is 14.9. The van der Waals surface area contributed by atoms with E-state index in [1.807, 2.05) is 66.7 Å². The molecule has 0 N–H and O–H groups in total. The van der Waals surface area contributed by atoms with Crippen LogP contribution in [0.25, 0.3) is 121 Å². The lowest BCUT2D eigenvalue weighted by molar-refractivity contribution is 1.16. The van der Waals surface area contributed by atoms with Crippen LogP contribution in [0.4, 0.5) is 5.69 Å². The highest BCUT2D eigenvalue weighted by Gasteiger charge is 2.20. The van der Waals surface area contributed by atoms with Gasteiger partial charge in [-0.1, -0.05) is 66.7 Å². The molecule has 0 fully saturated rings. The molecular weight excluding hydrogens is 871 g/mol. The van der Waals surface area contributed by atoms with Crippen LogP contribution in [-0.2, 0) is 0 Å². The summed E-state index contributed by atoms with van der Waals surface area (Å²) in [6, 6.07) is 73.7. The molecule has 0 atom stereocenters. The number of fused-ring (bicyclic) bond motifs is 9. The zero-order valence-electron chi connectivity index (χ0n) is 37.6. The Morgan fingerprint density at radius 3 is 1.27 bits per heavy atom. The number of nitriles is 3. The topological polar surface area (TPSA) is 116 Å². The molecule has 0 aliphatic rings. The molecule has 0 bridgehead atoms. The van der Waals surface area contributed by atoms with Crippen molar-refractivity contribution in [2.75, 3.05) is 0 Å². The van der Waals surface area contributed by atoms with Gasteiger partial charge in [0.15, 0.2) is 11.5 Å². The maximum atomic E-state index is 9.90. The van der Waals surface area contributed by atoms with Crippen LogP contribution < -0.4 is 0 Å². The number of nitrogens with zero attached hydrogens (tertiary/aromatic N) is 9. The Hall–Kier alpha value is -10.6. The van der Waals surface area contributed by atoms with Crippen LogP contribution in [0.1, 0.15) is 16.7 Å². The highest BCUT2D eigenvalue weighted by molar-refractivity contribution is 6.14. The van der Waals surface area contributed by atoms with Gasteiger partial charge in [-0.25, -0.2) is 14.8 Å². The summed E-state index contributed by atoms with van der Waals surface area (Å²) < 4.78 is 6.89. The standard InChI is InChI=1S/C62H33N9/c1-66-44-21-27-59-51(31-44)50-30-40(37-65)14-26-58(50)71(59)47-25-29-61-53(33-47)52-32-46(70-56-8-4-2-6-48(56)49-7-3-5-9-57(49)70)24-28-60(52)69(61)45-22-19-42(20-23-45)55-34-54(41-15-10-38(35-63)11-16-41)67-62(68-55)43-17-12-39(36-64)13-18-43/h2-34H. The lowest BCUT2D eigenvalue weighted by Gasteiger charge is -2.12. The number of hydrogen-bond acceptors (Lipinski definition) is 5. The fourth-order valence-corrected chi connectivity index (χ4v) is 10.2. The average molecular weight is 904 g/mol. The minimum absolute atomic E-state index is 0.522. The van der Waals surface area contributed by atoms with Crippen molar-refractivity contribution in [1.82, 2.24) is 23.7 Å². The molecule has 0 amide bonds. The van der Waals surface area contributed by atoms with Gasteiger partial charge in [0.25, 0.3) is 0 Å². The Kier molecular flexibility index (Phi) is 9.19. The molecule has 13 aromatic rings. The third kappa shape index (κ3) is 6.51. The van der Waals surface area contributed by atoms with Gasteiger partial charge < -0.3 is 13.7 Å². The number of para-hydroxylation sites is 2. The van der Waals surface area contributed by atoms with Crippen molar-refractivity contribution >= 4 is 71.1 Å². The van der Waals surface area contributed by atoms with E-state index in [4.69, 9.17) is 16.5 Å². The average Bonchev–Trinajstić information content (AvgIpc) is 4.07. The van der Waals surface area contributed by atoms with Crippen LogP contribution in [0.5, 0.6) is 0 Å². The fourth-order valence-electron chi connectivity index (χ4n) is 10.2. The van der Waals surface area contributed by atoms with Gasteiger partial charge in [0.1, 0.15) is 0 Å². The monoisotopic (exact) mass is 903 g/mol. The van der Waals surface area contributed by atoms with Gasteiger partial charge in [0.05, 0.1) is 86.0 Å². The van der Waals surface area contributed by atoms with Gasteiger partial charge in [0.2, 0.25) is 0 Å². The maximum Gasteiger partial charge on any atom is 0.188 e. The van der Waals surface area contributed by atoms with Gasteiger partial charge in [0, 0.05) is 60.7 Å². The first-order valence-corrected chi connectivity index (χ1v) is 22.9. The van der Waals surface area contributed by atoms with Crippen LogP contribution in [0.15, 0.2) is 200 Å². The van der Waals surface area contributed by atoms with E-state index < -0.39 is 0 Å². The molecule has 9 heteroatoms. The SMILES string of the molecule is [C-]#[N+]c1ccc2c(c1)c1cc(C#N)ccc1n2-c1ccc2c(c1)c1cc(-n3c4ccccc4c4ccccc43)ccc1n2-c1ccc(-c2cc(-c3ccc(C#N)cc3)nc(-c3ccc(C#N)cc3)n2)cc1. The third-order valence-corrected chi connectivity index (χ3v) is 13.6. The molecule has 0 saturated heterocycles. The quantitative estimate of drug-likeness (QED) is 0.154. The highest BCUT2D eigenvalue weighted by atomic mass is 15.0. The molecule has 9 nitrogen and oxygen atoms in total. The molecular formula is C62H33N9. The molecule has 0 aliphatic heterocycles. The lowest BCUT2D eigenvalue weighted by Crippen LogP contribution is -1.98. The second-order valence-electron chi connectivity index (χ2n) is 17.5. The van der Waals surface area contributed by atoms with Gasteiger partial charge in [-0.05, 0) is 139 Å². The molecule has 326 valence electrons. The van der Waals surface area contributed by atoms with Crippen molar-refractivity contribution in [3.8, 4) is 69.2 Å². The second-order valence-corrected chi connectivity index (χ2v) is 17.5. The van der Waals surface area contributed by atoms with E-state index in [1.165, 1.54) is 10.8 Å². The summed E-state index contributed by atoms with van der Waals surface area (Å²) in [5.41, 5.74) is 15.3. The molecule has 4 aromatic heterocycles. The largest absolute Gasteiger partial charge is 0.309 e. The minimum Gasteiger partial charge on any atom is -0.309 e. The summed E-state index contributed by atoms with van der Waals surface area (Å²) in [7, 11) is 0. The first-order valence-electron chi connectivity index (χ1n) is 22.9. The van der Waals surface area contributed by atoms with Gasteiger partial charge in [-0.15, -0.1) is 0 Å². The number of hydrogen-bond donors (Lipinski definition) is 0. The predicted molar refractivity (Wildman–Crippen MR) is 282 cm³/mol. The van der Waals surface area contributed by atoms with E-state index in [-0.39, 0.29) is 0 Å². The molecule has 0 saturated carbocycles. The second kappa shape index (κ2) is 16.0. The molecule has 71 heavy (non-hydrogen) atoms. The summed E-state index contributed by atoms with van der Waals surface area (Å²) in [5.74, 6) is 0.522. The smallest absolute Gasteiger partial charge is 0.188 e. The van der Waals surface area contributed by atoms with E-state index in [9.17, 15) is 15.8 Å². The maximum absolute atomic E-state index is 9.90. The van der Waals surface area contributed by atoms with Crippen molar-refractivity contribution in [2.24, 2.45) is 0 Å². The summed E-state index contributed by atoms with van der Waals surface area (Å²) in [4.78, 5) is 13.8.